The lowest BCUT2D eigenvalue weighted by atomic mass is 9.95. The molecule has 1 saturated carbocycles. The number of esters is 1. The molecular formula is C17H26N2O3. The van der Waals surface area contributed by atoms with Crippen LogP contribution in [0.1, 0.15) is 71.1 Å². The summed E-state index contributed by atoms with van der Waals surface area (Å²) in [6.45, 7) is 5.78. The molecule has 122 valence electrons. The van der Waals surface area contributed by atoms with E-state index in [1.54, 1.807) is 18.5 Å². The van der Waals surface area contributed by atoms with Crippen LogP contribution in [0.5, 0.6) is 0 Å². The lowest BCUT2D eigenvalue weighted by Crippen LogP contribution is -2.36. The second kappa shape index (κ2) is 6.99. The van der Waals surface area contributed by atoms with E-state index in [9.17, 15) is 9.59 Å². The molecule has 0 bridgehead atoms. The fourth-order valence-corrected chi connectivity index (χ4v) is 3.31. The van der Waals surface area contributed by atoms with Gasteiger partial charge in [-0.1, -0.05) is 19.3 Å². The van der Waals surface area contributed by atoms with Crippen LogP contribution < -0.4 is 5.32 Å². The van der Waals surface area contributed by atoms with Crippen LogP contribution in [0.3, 0.4) is 0 Å². The summed E-state index contributed by atoms with van der Waals surface area (Å²) in [5.74, 6) is -0.449. The number of carbonyl (C=O) groups excluding carboxylic acids is 2. The van der Waals surface area contributed by atoms with Gasteiger partial charge in [0.25, 0.3) is 5.91 Å². The highest BCUT2D eigenvalue weighted by molar-refractivity contribution is 6.01. The maximum atomic E-state index is 12.6. The van der Waals surface area contributed by atoms with Gasteiger partial charge in [0.1, 0.15) is 5.69 Å². The summed E-state index contributed by atoms with van der Waals surface area (Å²) < 4.78 is 6.85. The highest BCUT2D eigenvalue weighted by Crippen LogP contribution is 2.23. The molecule has 0 unspecified atom stereocenters. The molecule has 0 aromatic carbocycles. The van der Waals surface area contributed by atoms with E-state index in [-0.39, 0.29) is 17.9 Å². The Bertz CT molecular complexity index is 569. The maximum absolute atomic E-state index is 12.6. The molecule has 0 aliphatic heterocycles. The van der Waals surface area contributed by atoms with Gasteiger partial charge < -0.3 is 14.6 Å². The van der Waals surface area contributed by atoms with Crippen LogP contribution >= 0.6 is 0 Å². The summed E-state index contributed by atoms with van der Waals surface area (Å²) in [5.41, 5.74) is 2.57. The largest absolute Gasteiger partial charge is 0.461 e. The normalized spacial score (nSPS) is 15.6. The first-order valence-corrected chi connectivity index (χ1v) is 8.11. The first-order valence-electron chi connectivity index (χ1n) is 8.11. The minimum Gasteiger partial charge on any atom is -0.461 e. The summed E-state index contributed by atoms with van der Waals surface area (Å²) >= 11 is 0. The number of amides is 1. The van der Waals surface area contributed by atoms with Crippen molar-refractivity contribution < 1.29 is 14.3 Å². The Morgan fingerprint density at radius 2 is 1.86 bits per heavy atom. The van der Waals surface area contributed by atoms with E-state index in [0.29, 0.717) is 23.4 Å². The number of hydrogen-bond acceptors (Lipinski definition) is 3. The Labute approximate surface area is 132 Å². The summed E-state index contributed by atoms with van der Waals surface area (Å²) in [4.78, 5) is 24.7. The highest BCUT2D eigenvalue weighted by Gasteiger charge is 2.27. The molecule has 1 N–H and O–H groups in total. The van der Waals surface area contributed by atoms with E-state index in [0.717, 1.165) is 18.5 Å². The summed E-state index contributed by atoms with van der Waals surface area (Å²) in [6.07, 6.45) is 5.68. The average Bonchev–Trinajstić information content (AvgIpc) is 2.70. The van der Waals surface area contributed by atoms with Gasteiger partial charge in [-0.3, -0.25) is 4.79 Å². The average molecular weight is 306 g/mol. The third-order valence-corrected chi connectivity index (χ3v) is 4.57. The van der Waals surface area contributed by atoms with Gasteiger partial charge in [0.15, 0.2) is 0 Å². The predicted octanol–water partition coefficient (Wildman–Crippen LogP) is 2.88. The summed E-state index contributed by atoms with van der Waals surface area (Å²) in [6, 6.07) is 0.256. The minimum atomic E-state index is -0.373. The number of nitrogens with one attached hydrogen (secondary N) is 1. The molecular weight excluding hydrogens is 280 g/mol. The van der Waals surface area contributed by atoms with Crippen LogP contribution in [0, 0.1) is 13.8 Å². The zero-order chi connectivity index (χ0) is 16.3. The van der Waals surface area contributed by atoms with Crippen LogP contribution in [-0.4, -0.2) is 29.1 Å². The molecule has 1 aliphatic rings. The Morgan fingerprint density at radius 3 is 2.45 bits per heavy atom. The molecule has 5 heteroatoms. The molecule has 1 amide bonds. The van der Waals surface area contributed by atoms with Crippen molar-refractivity contribution in [3.63, 3.8) is 0 Å². The van der Waals surface area contributed by atoms with E-state index < -0.39 is 0 Å². The van der Waals surface area contributed by atoms with Crippen LogP contribution in [-0.2, 0) is 11.8 Å². The van der Waals surface area contributed by atoms with E-state index in [4.69, 9.17) is 4.74 Å². The molecule has 1 heterocycles. The zero-order valence-electron chi connectivity index (χ0n) is 14.0. The Hall–Kier alpha value is -1.78. The van der Waals surface area contributed by atoms with Gasteiger partial charge in [-0.25, -0.2) is 4.79 Å². The zero-order valence-corrected chi connectivity index (χ0v) is 14.0. The molecule has 0 saturated heterocycles. The van der Waals surface area contributed by atoms with Gasteiger partial charge in [0.05, 0.1) is 12.2 Å². The van der Waals surface area contributed by atoms with Crippen molar-refractivity contribution in [3.8, 4) is 0 Å². The predicted molar refractivity (Wildman–Crippen MR) is 85.2 cm³/mol. The second-order valence-electron chi connectivity index (χ2n) is 6.02. The third-order valence-electron chi connectivity index (χ3n) is 4.57. The van der Waals surface area contributed by atoms with Crippen LogP contribution in [0.4, 0.5) is 0 Å². The first kappa shape index (κ1) is 16.6. The topological polar surface area (TPSA) is 60.3 Å². The van der Waals surface area contributed by atoms with Gasteiger partial charge in [0, 0.05) is 18.8 Å². The molecule has 1 aliphatic carbocycles. The van der Waals surface area contributed by atoms with Crippen molar-refractivity contribution in [3.05, 3.63) is 22.5 Å². The van der Waals surface area contributed by atoms with E-state index in [1.807, 2.05) is 13.8 Å². The van der Waals surface area contributed by atoms with Gasteiger partial charge in [-0.2, -0.15) is 0 Å². The Morgan fingerprint density at radius 1 is 1.23 bits per heavy atom. The Balaban J connectivity index is 2.25. The van der Waals surface area contributed by atoms with Crippen molar-refractivity contribution in [2.75, 3.05) is 6.61 Å². The van der Waals surface area contributed by atoms with Gasteiger partial charge in [0.2, 0.25) is 0 Å². The standard InChI is InChI=1S/C17H26N2O3/c1-5-22-17(21)15-11(2)14(12(3)19(15)4)16(20)18-13-9-7-6-8-10-13/h13H,5-10H2,1-4H3,(H,18,20). The second-order valence-corrected chi connectivity index (χ2v) is 6.02. The number of aromatic nitrogens is 1. The maximum Gasteiger partial charge on any atom is 0.355 e. The van der Waals surface area contributed by atoms with Gasteiger partial charge in [-0.15, -0.1) is 0 Å². The van der Waals surface area contributed by atoms with Crippen LogP contribution in [0.15, 0.2) is 0 Å². The van der Waals surface area contributed by atoms with E-state index in [2.05, 4.69) is 5.32 Å². The minimum absolute atomic E-state index is 0.0759. The molecule has 1 aromatic rings. The number of nitrogens with zero attached hydrogens (tertiary/aromatic N) is 1. The number of hydrogen-bond donors (Lipinski definition) is 1. The van der Waals surface area contributed by atoms with Crippen molar-refractivity contribution in [2.45, 2.75) is 58.9 Å². The lowest BCUT2D eigenvalue weighted by Gasteiger charge is -2.23. The molecule has 22 heavy (non-hydrogen) atoms. The molecule has 5 nitrogen and oxygen atoms in total. The molecule has 0 radical (unpaired) electrons. The van der Waals surface area contributed by atoms with E-state index >= 15 is 0 Å². The van der Waals surface area contributed by atoms with Crippen molar-refractivity contribution >= 4 is 11.9 Å². The van der Waals surface area contributed by atoms with E-state index in [1.165, 1.54) is 19.3 Å². The SMILES string of the molecule is CCOC(=O)c1c(C)c(C(=O)NC2CCCCC2)c(C)n1C. The fourth-order valence-electron chi connectivity index (χ4n) is 3.31. The van der Waals surface area contributed by atoms with Crippen molar-refractivity contribution in [1.29, 1.82) is 0 Å². The third kappa shape index (κ3) is 3.18. The number of ether oxygens (including phenoxy) is 1. The first-order chi connectivity index (χ1) is 10.5. The highest BCUT2D eigenvalue weighted by atomic mass is 16.5. The molecule has 0 atom stereocenters. The van der Waals surface area contributed by atoms with Crippen LogP contribution in [0.25, 0.3) is 0 Å². The van der Waals surface area contributed by atoms with Crippen LogP contribution in [0.2, 0.25) is 0 Å². The molecule has 2 rings (SSSR count). The molecule has 1 aromatic heterocycles. The monoisotopic (exact) mass is 306 g/mol. The van der Waals surface area contributed by atoms with Crippen molar-refractivity contribution in [2.24, 2.45) is 7.05 Å². The molecule has 1 fully saturated rings. The van der Waals surface area contributed by atoms with Crippen molar-refractivity contribution in [1.82, 2.24) is 9.88 Å². The number of rotatable bonds is 4. The summed E-state index contributed by atoms with van der Waals surface area (Å²) in [7, 11) is 1.80. The summed E-state index contributed by atoms with van der Waals surface area (Å²) in [5, 5.41) is 3.12. The van der Waals surface area contributed by atoms with Gasteiger partial charge >= 0.3 is 5.97 Å². The van der Waals surface area contributed by atoms with Gasteiger partial charge in [-0.05, 0) is 39.2 Å². The smallest absolute Gasteiger partial charge is 0.355 e. The molecule has 0 spiro atoms. The number of carbonyl (C=O) groups is 2. The Kier molecular flexibility index (Phi) is 5.27. The lowest BCUT2D eigenvalue weighted by molar-refractivity contribution is 0.0514. The fraction of sp³-hybridized carbons (Fsp3) is 0.647. The quantitative estimate of drug-likeness (QED) is 0.870.